The van der Waals surface area contributed by atoms with E-state index in [2.05, 4.69) is 15.9 Å². The molecule has 0 aliphatic carbocycles. The van der Waals surface area contributed by atoms with E-state index in [1.807, 2.05) is 0 Å². The molecule has 0 fully saturated rings. The fourth-order valence-corrected chi connectivity index (χ4v) is 1.89. The van der Waals surface area contributed by atoms with Crippen LogP contribution in [0.15, 0.2) is 46.9 Å². The summed E-state index contributed by atoms with van der Waals surface area (Å²) in [6.07, 6.45) is 0. The highest BCUT2D eigenvalue weighted by Gasteiger charge is 2.06. The first-order chi connectivity index (χ1) is 9.08. The van der Waals surface area contributed by atoms with Gasteiger partial charge in [0.05, 0.1) is 10.0 Å². The summed E-state index contributed by atoms with van der Waals surface area (Å²) in [7, 11) is 0. The van der Waals surface area contributed by atoms with Crippen molar-refractivity contribution in [3.05, 3.63) is 63.9 Å². The molecule has 0 aliphatic rings. The van der Waals surface area contributed by atoms with Gasteiger partial charge in [0.2, 0.25) is 0 Å². The first kappa shape index (κ1) is 13.5. The number of carboxylic acids is 1. The maximum atomic E-state index is 13.3. The van der Waals surface area contributed by atoms with Crippen molar-refractivity contribution in [2.24, 2.45) is 0 Å². The molecule has 2 rings (SSSR count). The zero-order valence-electron chi connectivity index (χ0n) is 9.77. The predicted molar refractivity (Wildman–Crippen MR) is 71.8 cm³/mol. The molecule has 3 nitrogen and oxygen atoms in total. The van der Waals surface area contributed by atoms with Gasteiger partial charge in [0.25, 0.3) is 0 Å². The molecule has 0 spiro atoms. The summed E-state index contributed by atoms with van der Waals surface area (Å²) in [5, 5.41) is 8.76. The van der Waals surface area contributed by atoms with Crippen molar-refractivity contribution in [2.75, 3.05) is 0 Å². The minimum absolute atomic E-state index is 0.194. The Morgan fingerprint density at radius 2 is 1.89 bits per heavy atom. The van der Waals surface area contributed by atoms with Crippen LogP contribution >= 0.6 is 15.9 Å². The number of rotatable bonds is 4. The van der Waals surface area contributed by atoms with E-state index < -0.39 is 5.97 Å². The Balaban J connectivity index is 2.06. The lowest BCUT2D eigenvalue weighted by Crippen LogP contribution is -1.99. The SMILES string of the molecule is O=C(O)c1ccc(OCc2cccc(F)c2Br)cc1. The lowest BCUT2D eigenvalue weighted by molar-refractivity contribution is 0.0697. The van der Waals surface area contributed by atoms with Crippen molar-refractivity contribution in [3.8, 4) is 5.75 Å². The van der Waals surface area contributed by atoms with Crippen molar-refractivity contribution in [2.45, 2.75) is 6.61 Å². The second-order valence-corrected chi connectivity index (χ2v) is 4.62. The van der Waals surface area contributed by atoms with Crippen LogP contribution in [0.5, 0.6) is 5.75 Å². The summed E-state index contributed by atoms with van der Waals surface area (Å²) >= 11 is 3.15. The van der Waals surface area contributed by atoms with E-state index in [1.165, 1.54) is 18.2 Å². The monoisotopic (exact) mass is 324 g/mol. The summed E-state index contributed by atoms with van der Waals surface area (Å²) in [6.45, 7) is 0.199. The summed E-state index contributed by atoms with van der Waals surface area (Å²) in [5.74, 6) is -0.803. The fraction of sp³-hybridized carbons (Fsp3) is 0.0714. The van der Waals surface area contributed by atoms with Gasteiger partial charge in [-0.2, -0.15) is 0 Å². The van der Waals surface area contributed by atoms with Crippen LogP contribution in [0.3, 0.4) is 0 Å². The van der Waals surface area contributed by atoms with Crippen LogP contribution in [0, 0.1) is 5.82 Å². The summed E-state index contributed by atoms with van der Waals surface area (Å²) in [5.41, 5.74) is 0.876. The number of aromatic carboxylic acids is 1. The number of benzene rings is 2. The molecule has 0 heterocycles. The minimum Gasteiger partial charge on any atom is -0.489 e. The van der Waals surface area contributed by atoms with E-state index in [-0.39, 0.29) is 18.0 Å². The van der Waals surface area contributed by atoms with E-state index in [0.29, 0.717) is 15.8 Å². The number of ether oxygens (including phenoxy) is 1. The summed E-state index contributed by atoms with van der Waals surface area (Å²) in [6, 6.07) is 10.8. The van der Waals surface area contributed by atoms with E-state index in [9.17, 15) is 9.18 Å². The fourth-order valence-electron chi connectivity index (χ4n) is 1.51. The average Bonchev–Trinajstić information content (AvgIpc) is 2.41. The van der Waals surface area contributed by atoms with Gasteiger partial charge in [-0.05, 0) is 46.3 Å². The van der Waals surface area contributed by atoms with Crippen molar-refractivity contribution in [3.63, 3.8) is 0 Å². The third-order valence-electron chi connectivity index (χ3n) is 2.53. The van der Waals surface area contributed by atoms with Gasteiger partial charge >= 0.3 is 5.97 Å². The Hall–Kier alpha value is -1.88. The van der Waals surface area contributed by atoms with Crippen LogP contribution in [0.25, 0.3) is 0 Å². The molecule has 0 radical (unpaired) electrons. The highest BCUT2D eigenvalue weighted by atomic mass is 79.9. The van der Waals surface area contributed by atoms with Gasteiger partial charge < -0.3 is 9.84 Å². The minimum atomic E-state index is -0.987. The molecule has 2 aromatic carbocycles. The predicted octanol–water partition coefficient (Wildman–Crippen LogP) is 3.87. The largest absolute Gasteiger partial charge is 0.489 e. The molecule has 0 aliphatic heterocycles. The van der Waals surface area contributed by atoms with Crippen molar-refractivity contribution in [1.29, 1.82) is 0 Å². The molecule has 0 amide bonds. The smallest absolute Gasteiger partial charge is 0.335 e. The molecule has 0 atom stereocenters. The Kier molecular flexibility index (Phi) is 4.16. The second kappa shape index (κ2) is 5.84. The Morgan fingerprint density at radius 3 is 2.53 bits per heavy atom. The van der Waals surface area contributed by atoms with E-state index in [4.69, 9.17) is 9.84 Å². The highest BCUT2D eigenvalue weighted by Crippen LogP contribution is 2.22. The normalized spacial score (nSPS) is 10.2. The zero-order valence-corrected chi connectivity index (χ0v) is 11.4. The molecule has 5 heteroatoms. The second-order valence-electron chi connectivity index (χ2n) is 3.83. The maximum absolute atomic E-state index is 13.3. The van der Waals surface area contributed by atoms with Crippen LogP contribution in [0.2, 0.25) is 0 Å². The Morgan fingerprint density at radius 1 is 1.21 bits per heavy atom. The molecule has 2 aromatic rings. The van der Waals surface area contributed by atoms with Gasteiger partial charge in [-0.1, -0.05) is 12.1 Å². The van der Waals surface area contributed by atoms with Crippen molar-refractivity contribution in [1.82, 2.24) is 0 Å². The molecular formula is C14H10BrFO3. The average molecular weight is 325 g/mol. The summed E-state index contributed by atoms with van der Waals surface area (Å²) in [4.78, 5) is 10.7. The van der Waals surface area contributed by atoms with E-state index in [0.717, 1.165) is 0 Å². The van der Waals surface area contributed by atoms with Crippen LogP contribution in [-0.4, -0.2) is 11.1 Å². The lowest BCUT2D eigenvalue weighted by Gasteiger charge is -2.08. The lowest BCUT2D eigenvalue weighted by atomic mass is 10.2. The van der Waals surface area contributed by atoms with E-state index in [1.54, 1.807) is 24.3 Å². The number of halogens is 2. The molecule has 98 valence electrons. The molecular weight excluding hydrogens is 315 g/mol. The van der Waals surface area contributed by atoms with Crippen molar-refractivity contribution < 1.29 is 19.0 Å². The van der Waals surface area contributed by atoms with Gasteiger partial charge in [-0.15, -0.1) is 0 Å². The molecule has 0 unspecified atom stereocenters. The van der Waals surface area contributed by atoms with Gasteiger partial charge in [0, 0.05) is 5.56 Å². The molecule has 1 N–H and O–H groups in total. The van der Waals surface area contributed by atoms with Crippen LogP contribution in [0.4, 0.5) is 4.39 Å². The van der Waals surface area contributed by atoms with Gasteiger partial charge in [0.1, 0.15) is 18.2 Å². The highest BCUT2D eigenvalue weighted by molar-refractivity contribution is 9.10. The molecule has 0 saturated carbocycles. The Labute approximate surface area is 117 Å². The van der Waals surface area contributed by atoms with Crippen LogP contribution in [0.1, 0.15) is 15.9 Å². The summed E-state index contributed by atoms with van der Waals surface area (Å²) < 4.78 is 19.1. The number of carbonyl (C=O) groups is 1. The first-order valence-corrected chi connectivity index (χ1v) is 6.26. The molecule has 0 bridgehead atoms. The maximum Gasteiger partial charge on any atom is 0.335 e. The van der Waals surface area contributed by atoms with E-state index >= 15 is 0 Å². The van der Waals surface area contributed by atoms with Gasteiger partial charge in [0.15, 0.2) is 0 Å². The third kappa shape index (κ3) is 3.32. The number of carboxylic acid groups (broad SMARTS) is 1. The number of hydrogen-bond donors (Lipinski definition) is 1. The van der Waals surface area contributed by atoms with Crippen LogP contribution in [-0.2, 0) is 6.61 Å². The third-order valence-corrected chi connectivity index (χ3v) is 3.42. The molecule has 0 aromatic heterocycles. The quantitative estimate of drug-likeness (QED) is 0.928. The molecule has 0 saturated heterocycles. The standard InChI is InChI=1S/C14H10BrFO3/c15-13-10(2-1-3-12(13)16)8-19-11-6-4-9(5-7-11)14(17)18/h1-7H,8H2,(H,17,18). The first-order valence-electron chi connectivity index (χ1n) is 5.47. The van der Waals surface area contributed by atoms with Gasteiger partial charge in [-0.25, -0.2) is 9.18 Å². The zero-order chi connectivity index (χ0) is 13.8. The van der Waals surface area contributed by atoms with Crippen LogP contribution < -0.4 is 4.74 Å². The van der Waals surface area contributed by atoms with Gasteiger partial charge in [-0.3, -0.25) is 0 Å². The number of hydrogen-bond acceptors (Lipinski definition) is 2. The Bertz CT molecular complexity index is 596. The molecule has 19 heavy (non-hydrogen) atoms. The van der Waals surface area contributed by atoms with Crippen molar-refractivity contribution >= 4 is 21.9 Å². The topological polar surface area (TPSA) is 46.5 Å².